The third-order valence-corrected chi connectivity index (χ3v) is 2.54. The number of hydrogen-bond acceptors (Lipinski definition) is 6. The molecule has 94 valence electrons. The normalized spacial score (nSPS) is 12.2. The van der Waals surface area contributed by atoms with Gasteiger partial charge in [0, 0.05) is 17.5 Å². The van der Waals surface area contributed by atoms with Gasteiger partial charge in [0.2, 0.25) is 0 Å². The fourth-order valence-corrected chi connectivity index (χ4v) is 1.59. The molecular formula is C9H12ClN3O4. The molecule has 0 saturated carbocycles. The molecular weight excluding hydrogens is 250 g/mol. The van der Waals surface area contributed by atoms with Crippen LogP contribution in [0.25, 0.3) is 0 Å². The molecule has 1 rings (SSSR count). The molecule has 0 heterocycles. The summed E-state index contributed by atoms with van der Waals surface area (Å²) in [5.74, 6) is 5.13. The van der Waals surface area contributed by atoms with E-state index in [0.29, 0.717) is 5.56 Å². The number of nitro benzene ring substituents is 1. The first-order chi connectivity index (χ1) is 7.99. The summed E-state index contributed by atoms with van der Waals surface area (Å²) in [6.07, 6.45) is -0.982. The van der Waals surface area contributed by atoms with Crippen molar-refractivity contribution in [3.8, 4) is 0 Å². The molecule has 0 spiro atoms. The summed E-state index contributed by atoms with van der Waals surface area (Å²) >= 11 is 5.87. The van der Waals surface area contributed by atoms with E-state index in [2.05, 4.69) is 5.43 Å². The van der Waals surface area contributed by atoms with Gasteiger partial charge in [-0.25, -0.2) is 0 Å². The molecule has 1 aromatic carbocycles. The zero-order valence-electron chi connectivity index (χ0n) is 8.76. The van der Waals surface area contributed by atoms with Crippen LogP contribution in [0, 0.1) is 10.1 Å². The van der Waals surface area contributed by atoms with Crippen molar-refractivity contribution in [2.45, 2.75) is 12.5 Å². The van der Waals surface area contributed by atoms with E-state index < -0.39 is 17.6 Å². The van der Waals surface area contributed by atoms with Gasteiger partial charge in [-0.2, -0.15) is 0 Å². The number of nitrogens with one attached hydrogen (secondary N) is 1. The van der Waals surface area contributed by atoms with Crippen molar-refractivity contribution >= 4 is 23.0 Å². The summed E-state index contributed by atoms with van der Waals surface area (Å²) < 4.78 is 0. The number of nitro groups is 1. The van der Waals surface area contributed by atoms with Crippen LogP contribution in [0.5, 0.6) is 0 Å². The molecule has 0 aliphatic heterocycles. The number of rotatable bonds is 5. The van der Waals surface area contributed by atoms with Crippen molar-refractivity contribution in [1.29, 1.82) is 0 Å². The lowest BCUT2D eigenvalue weighted by atomic mass is 10.1. The summed E-state index contributed by atoms with van der Waals surface area (Å²) in [6.45, 7) is -0.443. The largest absolute Gasteiger partial charge is 0.394 e. The van der Waals surface area contributed by atoms with Crippen LogP contribution in [0.4, 0.5) is 11.4 Å². The van der Waals surface area contributed by atoms with Gasteiger partial charge in [0.05, 0.1) is 17.6 Å². The second kappa shape index (κ2) is 5.78. The van der Waals surface area contributed by atoms with E-state index in [0.717, 1.165) is 0 Å². The molecule has 0 aromatic heterocycles. The number of nitrogen functional groups attached to an aromatic ring is 1. The minimum Gasteiger partial charge on any atom is -0.394 e. The Kier molecular flexibility index (Phi) is 4.64. The predicted molar refractivity (Wildman–Crippen MR) is 62.7 cm³/mol. The highest BCUT2D eigenvalue weighted by Crippen LogP contribution is 2.31. The van der Waals surface area contributed by atoms with E-state index in [9.17, 15) is 15.2 Å². The van der Waals surface area contributed by atoms with E-state index in [1.54, 1.807) is 0 Å². The average Bonchev–Trinajstić information content (AvgIpc) is 2.30. The Balaban J connectivity index is 3.15. The lowest BCUT2D eigenvalue weighted by Crippen LogP contribution is -2.16. The molecule has 0 radical (unpaired) electrons. The number of aliphatic hydroxyl groups excluding tert-OH is 2. The fourth-order valence-electron chi connectivity index (χ4n) is 1.35. The molecule has 0 amide bonds. The van der Waals surface area contributed by atoms with Crippen molar-refractivity contribution in [3.63, 3.8) is 0 Å². The molecule has 8 heteroatoms. The van der Waals surface area contributed by atoms with E-state index in [4.69, 9.17) is 22.6 Å². The predicted octanol–water partition coefficient (Wildman–Crippen LogP) is 0.430. The molecule has 0 bridgehead atoms. The first kappa shape index (κ1) is 13.7. The van der Waals surface area contributed by atoms with Crippen LogP contribution in [0.2, 0.25) is 5.02 Å². The average molecular weight is 262 g/mol. The van der Waals surface area contributed by atoms with Crippen LogP contribution >= 0.6 is 11.6 Å². The van der Waals surface area contributed by atoms with E-state index >= 15 is 0 Å². The van der Waals surface area contributed by atoms with Crippen LogP contribution in [0.15, 0.2) is 12.1 Å². The van der Waals surface area contributed by atoms with Gasteiger partial charge >= 0.3 is 0 Å². The molecule has 0 aliphatic carbocycles. The van der Waals surface area contributed by atoms with Gasteiger partial charge in [-0.3, -0.25) is 16.0 Å². The number of benzene rings is 1. The highest BCUT2D eigenvalue weighted by molar-refractivity contribution is 6.31. The number of nitrogens with two attached hydrogens (primary N) is 1. The van der Waals surface area contributed by atoms with Crippen molar-refractivity contribution in [2.24, 2.45) is 5.84 Å². The zero-order valence-corrected chi connectivity index (χ0v) is 9.52. The second-order valence-electron chi connectivity index (χ2n) is 3.40. The number of anilines is 1. The molecule has 7 nitrogen and oxygen atoms in total. The Labute approximate surface area is 102 Å². The van der Waals surface area contributed by atoms with Crippen molar-refractivity contribution in [1.82, 2.24) is 0 Å². The third kappa shape index (κ3) is 3.27. The fraction of sp³-hybridized carbons (Fsp3) is 0.333. The minimum atomic E-state index is -1.01. The summed E-state index contributed by atoms with van der Waals surface area (Å²) in [5, 5.41) is 29.0. The van der Waals surface area contributed by atoms with Crippen LogP contribution in [0.3, 0.4) is 0 Å². The first-order valence-corrected chi connectivity index (χ1v) is 5.09. The van der Waals surface area contributed by atoms with Gasteiger partial charge in [-0.15, -0.1) is 0 Å². The Morgan fingerprint density at radius 3 is 2.71 bits per heavy atom. The standard InChI is InChI=1S/C9H12ClN3O4/c10-7-3-8(12-11)9(13(16)17)2-5(7)1-6(15)4-14/h2-3,6,12,14-15H,1,4,11H2. The minimum absolute atomic E-state index is 0.0288. The molecule has 1 aromatic rings. The van der Waals surface area contributed by atoms with Crippen LogP contribution in [-0.4, -0.2) is 27.8 Å². The molecule has 0 aliphatic rings. The molecule has 5 N–H and O–H groups in total. The number of hydrogen-bond donors (Lipinski definition) is 4. The molecule has 1 atom stereocenters. The Morgan fingerprint density at radius 2 is 2.24 bits per heavy atom. The monoisotopic (exact) mass is 261 g/mol. The Bertz CT molecular complexity index is 427. The van der Waals surface area contributed by atoms with Crippen molar-refractivity contribution in [3.05, 3.63) is 32.8 Å². The lowest BCUT2D eigenvalue weighted by molar-refractivity contribution is -0.384. The SMILES string of the molecule is NNc1cc(Cl)c(CC(O)CO)cc1[N+](=O)[O-]. The van der Waals surface area contributed by atoms with Gasteiger partial charge in [0.25, 0.3) is 5.69 Å². The van der Waals surface area contributed by atoms with E-state index in [1.165, 1.54) is 12.1 Å². The Hall–Kier alpha value is -1.41. The van der Waals surface area contributed by atoms with Crippen molar-refractivity contribution < 1.29 is 15.1 Å². The van der Waals surface area contributed by atoms with Gasteiger partial charge in [-0.05, 0) is 11.6 Å². The first-order valence-electron chi connectivity index (χ1n) is 4.72. The van der Waals surface area contributed by atoms with Gasteiger partial charge < -0.3 is 15.6 Å². The van der Waals surface area contributed by atoms with Crippen LogP contribution < -0.4 is 11.3 Å². The molecule has 0 fully saturated rings. The second-order valence-corrected chi connectivity index (χ2v) is 3.81. The summed E-state index contributed by atoms with van der Waals surface area (Å²) in [5.41, 5.74) is 2.39. The summed E-state index contributed by atoms with van der Waals surface area (Å²) in [4.78, 5) is 10.1. The third-order valence-electron chi connectivity index (χ3n) is 2.18. The highest BCUT2D eigenvalue weighted by Gasteiger charge is 2.18. The topological polar surface area (TPSA) is 122 Å². The number of halogens is 1. The lowest BCUT2D eigenvalue weighted by Gasteiger charge is -2.10. The summed E-state index contributed by atoms with van der Waals surface area (Å²) in [6, 6.07) is 2.52. The maximum atomic E-state index is 10.8. The highest BCUT2D eigenvalue weighted by atomic mass is 35.5. The van der Waals surface area contributed by atoms with E-state index in [1.807, 2.05) is 0 Å². The van der Waals surface area contributed by atoms with Gasteiger partial charge in [-0.1, -0.05) is 11.6 Å². The summed E-state index contributed by atoms with van der Waals surface area (Å²) in [7, 11) is 0. The number of nitrogens with zero attached hydrogens (tertiary/aromatic N) is 1. The van der Waals surface area contributed by atoms with Crippen LogP contribution in [-0.2, 0) is 6.42 Å². The quantitative estimate of drug-likeness (QED) is 0.346. The number of aliphatic hydroxyl groups is 2. The van der Waals surface area contributed by atoms with Crippen LogP contribution in [0.1, 0.15) is 5.56 Å². The van der Waals surface area contributed by atoms with Gasteiger partial charge in [0.15, 0.2) is 0 Å². The molecule has 0 saturated heterocycles. The maximum absolute atomic E-state index is 10.8. The van der Waals surface area contributed by atoms with Gasteiger partial charge in [0.1, 0.15) is 5.69 Å². The smallest absolute Gasteiger partial charge is 0.294 e. The maximum Gasteiger partial charge on any atom is 0.294 e. The Morgan fingerprint density at radius 1 is 1.59 bits per heavy atom. The van der Waals surface area contributed by atoms with E-state index in [-0.39, 0.29) is 22.8 Å². The molecule has 17 heavy (non-hydrogen) atoms. The molecule has 1 unspecified atom stereocenters. The van der Waals surface area contributed by atoms with Crippen molar-refractivity contribution in [2.75, 3.05) is 12.0 Å². The zero-order chi connectivity index (χ0) is 13.0. The number of hydrazine groups is 1.